The first-order valence-corrected chi connectivity index (χ1v) is 7.59. The summed E-state index contributed by atoms with van der Waals surface area (Å²) in [5.41, 5.74) is 0.981. The van der Waals surface area contributed by atoms with Crippen molar-refractivity contribution in [1.29, 1.82) is 0 Å². The third-order valence-electron chi connectivity index (χ3n) is 2.86. The predicted molar refractivity (Wildman–Crippen MR) is 87.3 cm³/mol. The molecule has 112 valence electrons. The molecule has 1 aromatic carbocycles. The number of halogens is 2. The largest absolute Gasteiger partial charge is 0.455 e. The summed E-state index contributed by atoms with van der Waals surface area (Å²) in [5, 5.41) is 4.26. The lowest BCUT2D eigenvalue weighted by Gasteiger charge is -2.13. The highest BCUT2D eigenvalue weighted by Crippen LogP contribution is 2.35. The Balaban J connectivity index is 2.14. The van der Waals surface area contributed by atoms with E-state index in [9.17, 15) is 0 Å². The van der Waals surface area contributed by atoms with Gasteiger partial charge in [0.2, 0.25) is 0 Å². The quantitative estimate of drug-likeness (QED) is 0.818. The number of benzene rings is 1. The molecule has 0 saturated heterocycles. The van der Waals surface area contributed by atoms with Gasteiger partial charge in [-0.25, -0.2) is 0 Å². The minimum atomic E-state index is 0.414. The molecule has 0 fully saturated rings. The third-order valence-corrected chi connectivity index (χ3v) is 3.66. The molecule has 0 aliphatic heterocycles. The standard InChI is InChI=1S/C16H18Cl2N2O/c1-11(2)8-20-10-12-9-19-7-6-14(12)21-15-5-3-4-13(17)16(15)18/h3-7,9,11,20H,8,10H2,1-2H3. The molecule has 0 spiro atoms. The molecule has 5 heteroatoms. The second-order valence-electron chi connectivity index (χ2n) is 5.16. The van der Waals surface area contributed by atoms with E-state index in [1.807, 2.05) is 6.07 Å². The average molecular weight is 325 g/mol. The van der Waals surface area contributed by atoms with Gasteiger partial charge in [0.25, 0.3) is 0 Å². The second kappa shape index (κ2) is 7.64. The van der Waals surface area contributed by atoms with Crippen LogP contribution in [-0.2, 0) is 6.54 Å². The van der Waals surface area contributed by atoms with Crippen LogP contribution in [0.3, 0.4) is 0 Å². The number of pyridine rings is 1. The average Bonchev–Trinajstić information content (AvgIpc) is 2.45. The highest BCUT2D eigenvalue weighted by molar-refractivity contribution is 6.42. The summed E-state index contributed by atoms with van der Waals surface area (Å²) in [5.74, 6) is 1.86. The zero-order valence-corrected chi connectivity index (χ0v) is 13.6. The molecule has 0 bridgehead atoms. The van der Waals surface area contributed by atoms with E-state index >= 15 is 0 Å². The first-order chi connectivity index (χ1) is 10.1. The zero-order chi connectivity index (χ0) is 15.2. The molecular formula is C16H18Cl2N2O. The number of ether oxygens (including phenoxy) is 1. The van der Waals surface area contributed by atoms with Crippen molar-refractivity contribution in [3.63, 3.8) is 0 Å². The Morgan fingerprint density at radius 3 is 2.76 bits per heavy atom. The lowest BCUT2D eigenvalue weighted by Crippen LogP contribution is -2.19. The van der Waals surface area contributed by atoms with Crippen LogP contribution in [0.2, 0.25) is 10.0 Å². The molecule has 1 N–H and O–H groups in total. The van der Waals surface area contributed by atoms with Crippen LogP contribution in [0.1, 0.15) is 19.4 Å². The number of aromatic nitrogens is 1. The van der Waals surface area contributed by atoms with Crippen LogP contribution in [0.5, 0.6) is 11.5 Å². The fourth-order valence-corrected chi connectivity index (χ4v) is 2.15. The first-order valence-electron chi connectivity index (χ1n) is 6.83. The van der Waals surface area contributed by atoms with Crippen LogP contribution >= 0.6 is 23.2 Å². The summed E-state index contributed by atoms with van der Waals surface area (Å²) in [6.45, 7) is 5.96. The van der Waals surface area contributed by atoms with Crippen molar-refractivity contribution >= 4 is 23.2 Å². The summed E-state index contributed by atoms with van der Waals surface area (Å²) in [4.78, 5) is 4.15. The number of nitrogens with zero attached hydrogens (tertiary/aromatic N) is 1. The van der Waals surface area contributed by atoms with Crippen molar-refractivity contribution in [2.75, 3.05) is 6.54 Å². The van der Waals surface area contributed by atoms with Gasteiger partial charge in [0.15, 0.2) is 0 Å². The van der Waals surface area contributed by atoms with Crippen LogP contribution in [0.25, 0.3) is 0 Å². The first kappa shape index (κ1) is 16.1. The summed E-state index contributed by atoms with van der Waals surface area (Å²) < 4.78 is 5.88. The van der Waals surface area contributed by atoms with Gasteiger partial charge >= 0.3 is 0 Å². The Labute approximate surface area is 135 Å². The maximum Gasteiger partial charge on any atom is 0.147 e. The van der Waals surface area contributed by atoms with E-state index in [1.165, 1.54) is 0 Å². The van der Waals surface area contributed by atoms with Gasteiger partial charge in [-0.2, -0.15) is 0 Å². The summed E-state index contributed by atoms with van der Waals surface area (Å²) >= 11 is 12.2. The van der Waals surface area contributed by atoms with E-state index in [4.69, 9.17) is 27.9 Å². The van der Waals surface area contributed by atoms with Crippen molar-refractivity contribution in [3.8, 4) is 11.5 Å². The van der Waals surface area contributed by atoms with Crippen molar-refractivity contribution in [1.82, 2.24) is 10.3 Å². The van der Waals surface area contributed by atoms with E-state index in [1.54, 1.807) is 30.6 Å². The minimum absolute atomic E-state index is 0.414. The molecular weight excluding hydrogens is 307 g/mol. The van der Waals surface area contributed by atoms with E-state index in [2.05, 4.69) is 24.1 Å². The molecule has 0 saturated carbocycles. The number of rotatable bonds is 6. The van der Waals surface area contributed by atoms with Gasteiger partial charge in [0.1, 0.15) is 16.5 Å². The van der Waals surface area contributed by atoms with Crippen molar-refractivity contribution in [3.05, 3.63) is 52.3 Å². The Hall–Kier alpha value is -1.29. The molecule has 3 nitrogen and oxygen atoms in total. The SMILES string of the molecule is CC(C)CNCc1cnccc1Oc1cccc(Cl)c1Cl. The molecule has 0 unspecified atom stereocenters. The van der Waals surface area contributed by atoms with Gasteiger partial charge in [-0.05, 0) is 30.7 Å². The van der Waals surface area contributed by atoms with Crippen LogP contribution < -0.4 is 10.1 Å². The number of nitrogens with one attached hydrogen (secondary N) is 1. The van der Waals surface area contributed by atoms with Crippen LogP contribution in [0.4, 0.5) is 0 Å². The normalized spacial score (nSPS) is 10.9. The molecule has 2 aromatic rings. The lowest BCUT2D eigenvalue weighted by atomic mass is 10.2. The predicted octanol–water partition coefficient (Wildman–Crippen LogP) is 4.93. The molecule has 0 aliphatic rings. The van der Waals surface area contributed by atoms with Gasteiger partial charge in [0, 0.05) is 24.5 Å². The minimum Gasteiger partial charge on any atom is -0.455 e. The zero-order valence-electron chi connectivity index (χ0n) is 12.1. The van der Waals surface area contributed by atoms with E-state index in [-0.39, 0.29) is 0 Å². The third kappa shape index (κ3) is 4.60. The van der Waals surface area contributed by atoms with Crippen LogP contribution in [-0.4, -0.2) is 11.5 Å². The Morgan fingerprint density at radius 1 is 1.19 bits per heavy atom. The van der Waals surface area contributed by atoms with Crippen molar-refractivity contribution in [2.45, 2.75) is 20.4 Å². The van der Waals surface area contributed by atoms with Gasteiger partial charge < -0.3 is 10.1 Å². The Kier molecular flexibility index (Phi) is 5.85. The maximum atomic E-state index is 6.15. The van der Waals surface area contributed by atoms with E-state index < -0.39 is 0 Å². The molecule has 21 heavy (non-hydrogen) atoms. The van der Waals surface area contributed by atoms with Gasteiger partial charge in [-0.3, -0.25) is 4.98 Å². The highest BCUT2D eigenvalue weighted by Gasteiger charge is 2.10. The number of hydrogen-bond acceptors (Lipinski definition) is 3. The molecule has 0 atom stereocenters. The smallest absolute Gasteiger partial charge is 0.147 e. The summed E-state index contributed by atoms with van der Waals surface area (Å²) in [7, 11) is 0. The van der Waals surface area contributed by atoms with Crippen LogP contribution in [0, 0.1) is 5.92 Å². The van der Waals surface area contributed by atoms with Crippen molar-refractivity contribution < 1.29 is 4.74 Å². The fourth-order valence-electron chi connectivity index (χ4n) is 1.82. The van der Waals surface area contributed by atoms with Gasteiger partial charge in [-0.1, -0.05) is 43.1 Å². The van der Waals surface area contributed by atoms with Crippen LogP contribution in [0.15, 0.2) is 36.7 Å². The van der Waals surface area contributed by atoms with Gasteiger partial charge in [-0.15, -0.1) is 0 Å². The second-order valence-corrected chi connectivity index (χ2v) is 5.95. The van der Waals surface area contributed by atoms with Crippen molar-refractivity contribution in [2.24, 2.45) is 5.92 Å². The Morgan fingerprint density at radius 2 is 2.00 bits per heavy atom. The van der Waals surface area contributed by atoms with E-state index in [0.717, 1.165) is 17.9 Å². The fraction of sp³-hybridized carbons (Fsp3) is 0.312. The van der Waals surface area contributed by atoms with Gasteiger partial charge in [0.05, 0.1) is 5.02 Å². The topological polar surface area (TPSA) is 34.2 Å². The molecule has 1 heterocycles. The molecule has 2 rings (SSSR count). The lowest BCUT2D eigenvalue weighted by molar-refractivity contribution is 0.468. The molecule has 0 amide bonds. The highest BCUT2D eigenvalue weighted by atomic mass is 35.5. The molecule has 0 aliphatic carbocycles. The van der Waals surface area contributed by atoms with E-state index in [0.29, 0.717) is 28.3 Å². The Bertz CT molecular complexity index is 603. The monoisotopic (exact) mass is 324 g/mol. The maximum absolute atomic E-state index is 6.15. The molecule has 1 aromatic heterocycles. The summed E-state index contributed by atoms with van der Waals surface area (Å²) in [6, 6.07) is 7.15. The molecule has 0 radical (unpaired) electrons. The number of hydrogen-bond donors (Lipinski definition) is 1. The summed E-state index contributed by atoms with van der Waals surface area (Å²) in [6.07, 6.45) is 3.49.